The molecule has 1 aromatic rings. The topological polar surface area (TPSA) is 26.0 Å². The average Bonchev–Trinajstić information content (AvgIpc) is 2.49. The van der Waals surface area contributed by atoms with Gasteiger partial charge in [-0.15, -0.1) is 0 Å². The van der Waals surface area contributed by atoms with Crippen molar-refractivity contribution in [3.63, 3.8) is 0 Å². The minimum absolute atomic E-state index is 0.381. The van der Waals surface area contributed by atoms with E-state index in [1.807, 2.05) is 6.92 Å². The van der Waals surface area contributed by atoms with Crippen LogP contribution in [0.15, 0.2) is 28.8 Å². The molecule has 1 heterocycles. The van der Waals surface area contributed by atoms with Gasteiger partial charge in [0.2, 0.25) is 0 Å². The number of rotatable bonds is 1. The van der Waals surface area contributed by atoms with Crippen LogP contribution >= 0.6 is 0 Å². The van der Waals surface area contributed by atoms with E-state index in [1.54, 1.807) is 0 Å². The number of nitrogens with zero attached hydrogens (tertiary/aromatic N) is 1. The van der Waals surface area contributed by atoms with Gasteiger partial charge in [-0.25, -0.2) is 0 Å². The molecule has 1 aromatic heterocycles. The van der Waals surface area contributed by atoms with Gasteiger partial charge in [-0.3, -0.25) is 0 Å². The molecule has 0 aliphatic heterocycles. The van der Waals surface area contributed by atoms with E-state index in [2.05, 4.69) is 36.4 Å². The smallest absolute Gasteiger partial charge is 0.147 e. The lowest BCUT2D eigenvalue weighted by molar-refractivity contribution is 0.369. The minimum Gasteiger partial charge on any atom is -0.360 e. The third kappa shape index (κ3) is 1.44. The van der Waals surface area contributed by atoms with Crippen LogP contribution in [0.25, 0.3) is 0 Å². The van der Waals surface area contributed by atoms with Crippen LogP contribution in [-0.4, -0.2) is 5.16 Å². The first-order valence-corrected chi connectivity index (χ1v) is 4.55. The number of hydrogen-bond acceptors (Lipinski definition) is 2. The van der Waals surface area contributed by atoms with Gasteiger partial charge in [0.25, 0.3) is 0 Å². The van der Waals surface area contributed by atoms with Crippen LogP contribution in [0.2, 0.25) is 0 Å². The summed E-state index contributed by atoms with van der Waals surface area (Å²) in [7, 11) is 0. The molecule has 0 bridgehead atoms. The van der Waals surface area contributed by atoms with Crippen LogP contribution in [0.1, 0.15) is 29.4 Å². The molecule has 2 nitrogen and oxygen atoms in total. The van der Waals surface area contributed by atoms with E-state index in [4.69, 9.17) is 4.52 Å². The SMILES string of the molecule is Cc1noc(C2C=CC=CC2)c1C. The largest absolute Gasteiger partial charge is 0.360 e. The standard InChI is InChI=1S/C11H13NO/c1-8-9(2)12-13-11(8)10-6-4-3-5-7-10/h3-6,10H,7H2,1-2H3. The number of aryl methyl sites for hydroxylation is 1. The van der Waals surface area contributed by atoms with Crippen molar-refractivity contribution in [2.45, 2.75) is 26.2 Å². The van der Waals surface area contributed by atoms with Crippen molar-refractivity contribution in [3.05, 3.63) is 41.3 Å². The fourth-order valence-corrected chi connectivity index (χ4v) is 1.55. The van der Waals surface area contributed by atoms with Crippen LogP contribution in [0, 0.1) is 13.8 Å². The molecule has 2 rings (SSSR count). The van der Waals surface area contributed by atoms with Crippen LogP contribution in [0.5, 0.6) is 0 Å². The summed E-state index contributed by atoms with van der Waals surface area (Å²) in [5, 5.41) is 3.96. The van der Waals surface area contributed by atoms with Crippen LogP contribution < -0.4 is 0 Å². The first kappa shape index (κ1) is 8.30. The van der Waals surface area contributed by atoms with Crippen LogP contribution in [-0.2, 0) is 0 Å². The van der Waals surface area contributed by atoms with Gasteiger partial charge in [-0.2, -0.15) is 0 Å². The highest BCUT2D eigenvalue weighted by Gasteiger charge is 2.17. The fraction of sp³-hybridized carbons (Fsp3) is 0.364. The molecule has 0 amide bonds. The molecule has 2 heteroatoms. The van der Waals surface area contributed by atoms with E-state index in [9.17, 15) is 0 Å². The Morgan fingerprint density at radius 1 is 1.38 bits per heavy atom. The third-order valence-electron chi connectivity index (χ3n) is 2.51. The maximum absolute atomic E-state index is 5.30. The Labute approximate surface area is 77.9 Å². The van der Waals surface area contributed by atoms with E-state index in [0.717, 1.165) is 17.9 Å². The van der Waals surface area contributed by atoms with Gasteiger partial charge in [-0.1, -0.05) is 29.5 Å². The molecule has 1 aliphatic carbocycles. The number of aromatic nitrogens is 1. The molecule has 1 atom stereocenters. The van der Waals surface area contributed by atoms with Gasteiger partial charge in [0.15, 0.2) is 0 Å². The normalized spacial score (nSPS) is 20.9. The highest BCUT2D eigenvalue weighted by molar-refractivity contribution is 5.29. The van der Waals surface area contributed by atoms with Gasteiger partial charge in [-0.05, 0) is 20.3 Å². The predicted octanol–water partition coefficient (Wildman–Crippen LogP) is 2.89. The second-order valence-corrected chi connectivity index (χ2v) is 3.41. The zero-order valence-electron chi connectivity index (χ0n) is 7.95. The molecule has 0 radical (unpaired) electrons. The molecule has 13 heavy (non-hydrogen) atoms. The summed E-state index contributed by atoms with van der Waals surface area (Å²) in [6, 6.07) is 0. The average molecular weight is 175 g/mol. The zero-order valence-corrected chi connectivity index (χ0v) is 7.95. The lowest BCUT2D eigenvalue weighted by Gasteiger charge is -2.09. The van der Waals surface area contributed by atoms with Crippen LogP contribution in [0.4, 0.5) is 0 Å². The predicted molar refractivity (Wildman–Crippen MR) is 51.6 cm³/mol. The Bertz CT molecular complexity index is 360. The first-order valence-electron chi connectivity index (χ1n) is 4.55. The van der Waals surface area contributed by atoms with E-state index >= 15 is 0 Å². The van der Waals surface area contributed by atoms with Crippen molar-refractivity contribution < 1.29 is 4.52 Å². The van der Waals surface area contributed by atoms with Crippen LogP contribution in [0.3, 0.4) is 0 Å². The highest BCUT2D eigenvalue weighted by Crippen LogP contribution is 2.28. The Hall–Kier alpha value is -1.31. The molecule has 1 aliphatic rings. The van der Waals surface area contributed by atoms with Gasteiger partial charge in [0.05, 0.1) is 5.69 Å². The quantitative estimate of drug-likeness (QED) is 0.656. The molecule has 0 aromatic carbocycles. The van der Waals surface area contributed by atoms with Crippen molar-refractivity contribution in [2.24, 2.45) is 0 Å². The summed E-state index contributed by atoms with van der Waals surface area (Å²) < 4.78 is 5.30. The molecule has 0 N–H and O–H groups in total. The lowest BCUT2D eigenvalue weighted by atomic mass is 9.95. The second-order valence-electron chi connectivity index (χ2n) is 3.41. The van der Waals surface area contributed by atoms with Crippen molar-refractivity contribution in [2.75, 3.05) is 0 Å². The van der Waals surface area contributed by atoms with Gasteiger partial charge in [0.1, 0.15) is 5.76 Å². The zero-order chi connectivity index (χ0) is 9.26. The monoisotopic (exact) mass is 175 g/mol. The Morgan fingerprint density at radius 3 is 2.77 bits per heavy atom. The fourth-order valence-electron chi connectivity index (χ4n) is 1.55. The third-order valence-corrected chi connectivity index (χ3v) is 2.51. The summed E-state index contributed by atoms with van der Waals surface area (Å²) in [5.41, 5.74) is 2.18. The molecule has 1 unspecified atom stereocenters. The Morgan fingerprint density at radius 2 is 2.23 bits per heavy atom. The summed E-state index contributed by atoms with van der Waals surface area (Å²) in [4.78, 5) is 0. The van der Waals surface area contributed by atoms with Gasteiger partial charge in [0, 0.05) is 11.5 Å². The number of allylic oxidation sites excluding steroid dienone is 4. The molecule has 0 saturated heterocycles. The van der Waals surface area contributed by atoms with Gasteiger partial charge >= 0.3 is 0 Å². The van der Waals surface area contributed by atoms with E-state index in [0.29, 0.717) is 5.92 Å². The first-order chi connectivity index (χ1) is 6.29. The molecule has 0 saturated carbocycles. The maximum Gasteiger partial charge on any atom is 0.147 e. The maximum atomic E-state index is 5.30. The van der Waals surface area contributed by atoms with Crippen molar-refractivity contribution in [3.8, 4) is 0 Å². The molecular formula is C11H13NO. The second kappa shape index (κ2) is 3.21. The van der Waals surface area contributed by atoms with Crippen molar-refractivity contribution in [1.82, 2.24) is 5.16 Å². The van der Waals surface area contributed by atoms with E-state index < -0.39 is 0 Å². The summed E-state index contributed by atoms with van der Waals surface area (Å²) in [6.07, 6.45) is 9.46. The van der Waals surface area contributed by atoms with Crippen molar-refractivity contribution in [1.29, 1.82) is 0 Å². The molecule has 68 valence electrons. The molecular weight excluding hydrogens is 162 g/mol. The van der Waals surface area contributed by atoms with Crippen molar-refractivity contribution >= 4 is 0 Å². The highest BCUT2D eigenvalue weighted by atomic mass is 16.5. The summed E-state index contributed by atoms with van der Waals surface area (Å²) in [6.45, 7) is 4.04. The number of hydrogen-bond donors (Lipinski definition) is 0. The summed E-state index contributed by atoms with van der Waals surface area (Å²) >= 11 is 0. The minimum atomic E-state index is 0.381. The molecule has 0 fully saturated rings. The Kier molecular flexibility index (Phi) is 2.05. The van der Waals surface area contributed by atoms with Gasteiger partial charge < -0.3 is 4.52 Å². The summed E-state index contributed by atoms with van der Waals surface area (Å²) in [5.74, 6) is 1.39. The molecule has 0 spiro atoms. The van der Waals surface area contributed by atoms with E-state index in [1.165, 1.54) is 5.56 Å². The lowest BCUT2D eigenvalue weighted by Crippen LogP contribution is -1.96. The Balaban J connectivity index is 2.30. The van der Waals surface area contributed by atoms with E-state index in [-0.39, 0.29) is 0 Å².